The van der Waals surface area contributed by atoms with Gasteiger partial charge in [-0.2, -0.15) is 0 Å². The topological polar surface area (TPSA) is 68.3 Å². The second kappa shape index (κ2) is 7.39. The third-order valence-electron chi connectivity index (χ3n) is 5.09. The van der Waals surface area contributed by atoms with Crippen LogP contribution in [0.25, 0.3) is 39.0 Å². The Hall–Kier alpha value is -3.51. The first-order valence-electron chi connectivity index (χ1n) is 9.63. The van der Waals surface area contributed by atoms with Crippen molar-refractivity contribution in [2.24, 2.45) is 0 Å². The maximum atomic E-state index is 11.9. The number of carbonyl (C=O) groups is 1. The van der Waals surface area contributed by atoms with Gasteiger partial charge < -0.3 is 14.1 Å². The molecule has 30 heavy (non-hydrogen) atoms. The fraction of sp³-hybridized carbons (Fsp3) is 0.0833. The van der Waals surface area contributed by atoms with Gasteiger partial charge in [-0.1, -0.05) is 36.4 Å². The van der Waals surface area contributed by atoms with E-state index in [4.69, 9.17) is 4.42 Å². The normalized spacial score (nSPS) is 12.2. The molecule has 0 bridgehead atoms. The Morgan fingerprint density at radius 3 is 2.63 bits per heavy atom. The Bertz CT molecular complexity index is 1410. The summed E-state index contributed by atoms with van der Waals surface area (Å²) >= 11 is 1.01. The highest BCUT2D eigenvalue weighted by Gasteiger charge is 2.16. The Kier molecular flexibility index (Phi) is 4.56. The molecule has 6 heteroatoms. The largest absolute Gasteiger partial charge is 0.477 e. The van der Waals surface area contributed by atoms with E-state index in [0.717, 1.165) is 40.2 Å². The second-order valence-corrected chi connectivity index (χ2v) is 7.89. The van der Waals surface area contributed by atoms with E-state index in [9.17, 15) is 9.90 Å². The Labute approximate surface area is 176 Å². The number of nitrogens with zero attached hydrogens (tertiary/aromatic N) is 2. The number of carboxylic acids is 1. The monoisotopic (exact) mass is 414 g/mol. The van der Waals surface area contributed by atoms with Crippen molar-refractivity contribution in [3.8, 4) is 0 Å². The number of aryl methyl sites for hydroxylation is 1. The summed E-state index contributed by atoms with van der Waals surface area (Å²) in [5.74, 6) is -1.02. The zero-order chi connectivity index (χ0) is 20.7. The van der Waals surface area contributed by atoms with Crippen LogP contribution in [0.3, 0.4) is 0 Å². The summed E-state index contributed by atoms with van der Waals surface area (Å²) in [6.07, 6.45) is 1.67. The molecule has 0 aliphatic rings. The van der Waals surface area contributed by atoms with Crippen molar-refractivity contribution in [1.29, 1.82) is 0 Å². The molecule has 0 spiro atoms. The van der Waals surface area contributed by atoms with Gasteiger partial charge in [0.15, 0.2) is 5.58 Å². The average Bonchev–Trinajstić information content (AvgIpc) is 3.31. The highest BCUT2D eigenvalue weighted by molar-refractivity contribution is 8.03. The summed E-state index contributed by atoms with van der Waals surface area (Å²) in [5.41, 5.74) is 4.48. The number of hydrogen-bond acceptors (Lipinski definition) is 4. The zero-order valence-electron chi connectivity index (χ0n) is 16.2. The van der Waals surface area contributed by atoms with Crippen LogP contribution in [0.2, 0.25) is 0 Å². The molecule has 0 fully saturated rings. The quantitative estimate of drug-likeness (QED) is 0.275. The number of fused-ring (bicyclic) bond motifs is 4. The van der Waals surface area contributed by atoms with E-state index in [1.165, 1.54) is 5.52 Å². The summed E-state index contributed by atoms with van der Waals surface area (Å²) in [7, 11) is 0. The molecule has 0 saturated heterocycles. The van der Waals surface area contributed by atoms with Crippen molar-refractivity contribution < 1.29 is 14.3 Å². The van der Waals surface area contributed by atoms with E-state index in [1.807, 2.05) is 54.6 Å². The van der Waals surface area contributed by atoms with Crippen molar-refractivity contribution in [1.82, 2.24) is 9.55 Å². The smallest absolute Gasteiger partial charge is 0.342 e. The number of rotatable bonds is 5. The van der Waals surface area contributed by atoms with Gasteiger partial charge in [0.25, 0.3) is 5.22 Å². The lowest BCUT2D eigenvalue weighted by molar-refractivity contribution is -0.131. The van der Waals surface area contributed by atoms with E-state index in [0.29, 0.717) is 16.3 Å². The molecule has 0 atom stereocenters. The number of aromatic nitrogens is 2. The lowest BCUT2D eigenvalue weighted by Crippen LogP contribution is -1.97. The maximum absolute atomic E-state index is 11.9. The van der Waals surface area contributed by atoms with Gasteiger partial charge in [-0.15, -0.1) is 0 Å². The lowest BCUT2D eigenvalue weighted by atomic mass is 10.1. The van der Waals surface area contributed by atoms with Crippen LogP contribution >= 0.6 is 11.8 Å². The minimum Gasteiger partial charge on any atom is -0.477 e. The van der Waals surface area contributed by atoms with Crippen LogP contribution in [0.4, 0.5) is 0 Å². The molecule has 2 heterocycles. The average molecular weight is 414 g/mol. The molecule has 5 aromatic rings. The molecule has 3 aromatic carbocycles. The van der Waals surface area contributed by atoms with Crippen molar-refractivity contribution in [3.05, 3.63) is 77.2 Å². The number of thioether (sulfide) groups is 1. The van der Waals surface area contributed by atoms with Crippen LogP contribution in [0.15, 0.2) is 81.3 Å². The van der Waals surface area contributed by atoms with Gasteiger partial charge in [-0.3, -0.25) is 0 Å². The molecule has 0 saturated carbocycles. The van der Waals surface area contributed by atoms with Gasteiger partial charge in [0.2, 0.25) is 0 Å². The lowest BCUT2D eigenvalue weighted by Gasteiger charge is -2.03. The van der Waals surface area contributed by atoms with E-state index >= 15 is 0 Å². The Morgan fingerprint density at radius 2 is 1.83 bits per heavy atom. The number of benzene rings is 3. The Balaban J connectivity index is 1.58. The van der Waals surface area contributed by atoms with Gasteiger partial charge in [-0.25, -0.2) is 9.78 Å². The van der Waals surface area contributed by atoms with Crippen LogP contribution in [-0.2, 0) is 11.3 Å². The molecule has 2 aromatic heterocycles. The minimum absolute atomic E-state index is 0.153. The molecule has 0 aliphatic carbocycles. The van der Waals surface area contributed by atoms with Crippen LogP contribution < -0.4 is 0 Å². The predicted octanol–water partition coefficient (Wildman–Crippen LogP) is 6.17. The first kappa shape index (κ1) is 18.5. The SMILES string of the molecule is CCn1c2ccccc2c2cc(/C=C(\Sc3nc4ccccc4o3)C(=O)O)ccc21. The number of hydrogen-bond donors (Lipinski definition) is 1. The molecular formula is C24H18N2O3S. The maximum Gasteiger partial charge on any atom is 0.342 e. The van der Waals surface area contributed by atoms with Crippen LogP contribution in [-0.4, -0.2) is 20.6 Å². The highest BCUT2D eigenvalue weighted by atomic mass is 32.2. The summed E-state index contributed by atoms with van der Waals surface area (Å²) in [5, 5.41) is 12.3. The van der Waals surface area contributed by atoms with Gasteiger partial charge in [-0.05, 0) is 60.7 Å². The van der Waals surface area contributed by atoms with E-state index < -0.39 is 5.97 Å². The van der Waals surface area contributed by atoms with Crippen LogP contribution in [0.5, 0.6) is 0 Å². The summed E-state index contributed by atoms with van der Waals surface area (Å²) < 4.78 is 7.94. The predicted molar refractivity (Wildman–Crippen MR) is 121 cm³/mol. The fourth-order valence-corrected chi connectivity index (χ4v) is 4.52. The molecule has 0 unspecified atom stereocenters. The number of para-hydroxylation sites is 3. The third-order valence-corrected chi connectivity index (χ3v) is 5.95. The molecule has 1 N–H and O–H groups in total. The van der Waals surface area contributed by atoms with Gasteiger partial charge >= 0.3 is 5.97 Å². The molecule has 0 aliphatic heterocycles. The molecular weight excluding hydrogens is 396 g/mol. The first-order chi connectivity index (χ1) is 14.6. The second-order valence-electron chi connectivity index (χ2n) is 6.90. The van der Waals surface area contributed by atoms with Crippen molar-refractivity contribution in [2.45, 2.75) is 18.7 Å². The summed E-state index contributed by atoms with van der Waals surface area (Å²) in [4.78, 5) is 16.4. The molecule has 0 radical (unpaired) electrons. The van der Waals surface area contributed by atoms with Crippen LogP contribution in [0.1, 0.15) is 12.5 Å². The van der Waals surface area contributed by atoms with Gasteiger partial charge in [0, 0.05) is 28.4 Å². The number of carboxylic acid groups (broad SMARTS) is 1. The van der Waals surface area contributed by atoms with Gasteiger partial charge in [0.1, 0.15) is 10.4 Å². The van der Waals surface area contributed by atoms with Crippen molar-refractivity contribution in [3.63, 3.8) is 0 Å². The number of aliphatic carboxylic acids is 1. The molecule has 0 amide bonds. The highest BCUT2D eigenvalue weighted by Crippen LogP contribution is 2.33. The van der Waals surface area contributed by atoms with Crippen molar-refractivity contribution in [2.75, 3.05) is 0 Å². The summed E-state index contributed by atoms with van der Waals surface area (Å²) in [6, 6.07) is 21.7. The van der Waals surface area contributed by atoms with E-state index in [2.05, 4.69) is 28.6 Å². The Morgan fingerprint density at radius 1 is 1.07 bits per heavy atom. The molecule has 5 nitrogen and oxygen atoms in total. The molecule has 148 valence electrons. The standard InChI is InChI=1S/C24H18N2O3S/c1-2-26-19-9-5-3-7-16(19)17-13-15(11-12-20(17)26)14-22(23(27)28)30-24-25-18-8-4-6-10-21(18)29-24/h3-14H,2H2,1H3,(H,27,28)/b22-14-. The number of oxazole rings is 1. The first-order valence-corrected chi connectivity index (χ1v) is 10.4. The van der Waals surface area contributed by atoms with Crippen molar-refractivity contribution >= 4 is 56.7 Å². The molecule has 5 rings (SSSR count). The summed E-state index contributed by atoms with van der Waals surface area (Å²) in [6.45, 7) is 2.99. The van der Waals surface area contributed by atoms with Crippen LogP contribution in [0, 0.1) is 0 Å². The fourth-order valence-electron chi connectivity index (χ4n) is 3.78. The minimum atomic E-state index is -1.02. The van der Waals surface area contributed by atoms with E-state index in [-0.39, 0.29) is 4.91 Å². The zero-order valence-corrected chi connectivity index (χ0v) is 17.0. The third kappa shape index (κ3) is 3.15. The van der Waals surface area contributed by atoms with Gasteiger partial charge in [0.05, 0.1) is 0 Å². The van der Waals surface area contributed by atoms with E-state index in [1.54, 1.807) is 6.08 Å².